The number of aliphatic hydroxyl groups excluding tert-OH is 1. The lowest BCUT2D eigenvalue weighted by Gasteiger charge is -2.07. The standard InChI is InChI=1S/C8H15NO3S/c1-6(11)5-13-3-2-7(9)8(12)4-10/h7,10H,2-5,9H2,1H3. The van der Waals surface area contributed by atoms with E-state index in [4.69, 9.17) is 10.8 Å². The van der Waals surface area contributed by atoms with Gasteiger partial charge in [0, 0.05) is 0 Å². The van der Waals surface area contributed by atoms with Gasteiger partial charge in [0.25, 0.3) is 0 Å². The lowest BCUT2D eigenvalue weighted by atomic mass is 10.1. The summed E-state index contributed by atoms with van der Waals surface area (Å²) >= 11 is 1.45. The van der Waals surface area contributed by atoms with Gasteiger partial charge in [-0.05, 0) is 19.1 Å². The summed E-state index contributed by atoms with van der Waals surface area (Å²) in [6.45, 7) is 1.02. The zero-order valence-electron chi connectivity index (χ0n) is 7.66. The first kappa shape index (κ1) is 12.6. The van der Waals surface area contributed by atoms with E-state index in [0.29, 0.717) is 17.9 Å². The molecule has 0 aliphatic heterocycles. The molecule has 0 aliphatic carbocycles. The normalized spacial score (nSPS) is 12.5. The smallest absolute Gasteiger partial charge is 0.174 e. The minimum Gasteiger partial charge on any atom is -0.389 e. The third kappa shape index (κ3) is 6.74. The highest BCUT2D eigenvalue weighted by atomic mass is 32.2. The number of hydrogen-bond donors (Lipinski definition) is 2. The van der Waals surface area contributed by atoms with Crippen LogP contribution in [0, 0.1) is 0 Å². The van der Waals surface area contributed by atoms with E-state index in [0.717, 1.165) is 0 Å². The molecule has 0 aromatic heterocycles. The van der Waals surface area contributed by atoms with Crippen molar-refractivity contribution >= 4 is 23.3 Å². The first-order valence-electron chi connectivity index (χ1n) is 4.04. The van der Waals surface area contributed by atoms with Gasteiger partial charge in [0.05, 0.1) is 11.8 Å². The third-order valence-electron chi connectivity index (χ3n) is 1.45. The summed E-state index contributed by atoms with van der Waals surface area (Å²) in [7, 11) is 0. The Morgan fingerprint density at radius 3 is 2.62 bits per heavy atom. The second kappa shape index (κ2) is 7.06. The maximum absolute atomic E-state index is 10.8. The van der Waals surface area contributed by atoms with E-state index in [1.54, 1.807) is 0 Å². The molecule has 0 bridgehead atoms. The van der Waals surface area contributed by atoms with Gasteiger partial charge < -0.3 is 10.8 Å². The number of carbonyl (C=O) groups excluding carboxylic acids is 2. The predicted octanol–water partition coefficient (Wildman–Crippen LogP) is -0.413. The van der Waals surface area contributed by atoms with Crippen molar-refractivity contribution in [3.05, 3.63) is 0 Å². The Kier molecular flexibility index (Phi) is 6.84. The van der Waals surface area contributed by atoms with Crippen LogP contribution < -0.4 is 5.73 Å². The largest absolute Gasteiger partial charge is 0.389 e. The summed E-state index contributed by atoms with van der Waals surface area (Å²) in [5.41, 5.74) is 5.44. The van der Waals surface area contributed by atoms with Crippen LogP contribution in [-0.4, -0.2) is 40.8 Å². The molecule has 1 atom stereocenters. The number of aliphatic hydroxyl groups is 1. The maximum Gasteiger partial charge on any atom is 0.174 e. The second-order valence-corrected chi connectivity index (χ2v) is 3.88. The SMILES string of the molecule is CC(=O)CSCCC(N)C(=O)CO. The number of ketones is 2. The molecule has 0 aromatic carbocycles. The molecule has 0 spiro atoms. The van der Waals surface area contributed by atoms with E-state index in [9.17, 15) is 9.59 Å². The molecule has 1 unspecified atom stereocenters. The highest BCUT2D eigenvalue weighted by Crippen LogP contribution is 2.04. The van der Waals surface area contributed by atoms with Gasteiger partial charge in [-0.3, -0.25) is 9.59 Å². The van der Waals surface area contributed by atoms with Crippen LogP contribution in [0.4, 0.5) is 0 Å². The molecular weight excluding hydrogens is 190 g/mol. The molecular formula is C8H15NO3S. The average Bonchev–Trinajstić information content (AvgIpc) is 2.10. The number of hydrogen-bond acceptors (Lipinski definition) is 5. The number of nitrogens with two attached hydrogens (primary N) is 1. The lowest BCUT2D eigenvalue weighted by molar-refractivity contribution is -0.123. The van der Waals surface area contributed by atoms with Gasteiger partial charge in [-0.15, -0.1) is 0 Å². The summed E-state index contributed by atoms with van der Waals surface area (Å²) in [4.78, 5) is 21.3. The molecule has 0 rings (SSSR count). The Bertz CT molecular complexity index is 184. The fraction of sp³-hybridized carbons (Fsp3) is 0.750. The number of thioether (sulfide) groups is 1. The van der Waals surface area contributed by atoms with Gasteiger partial charge in [0.15, 0.2) is 5.78 Å². The van der Waals surface area contributed by atoms with Crippen molar-refractivity contribution in [1.82, 2.24) is 0 Å². The van der Waals surface area contributed by atoms with Crippen LogP contribution in [0.15, 0.2) is 0 Å². The van der Waals surface area contributed by atoms with Gasteiger partial charge in [-0.1, -0.05) is 0 Å². The molecule has 5 heteroatoms. The van der Waals surface area contributed by atoms with Crippen molar-refractivity contribution in [2.75, 3.05) is 18.1 Å². The van der Waals surface area contributed by atoms with Crippen LogP contribution in [-0.2, 0) is 9.59 Å². The zero-order chi connectivity index (χ0) is 10.3. The molecule has 0 amide bonds. The third-order valence-corrected chi connectivity index (χ3v) is 2.58. The van der Waals surface area contributed by atoms with Crippen LogP contribution in [0.2, 0.25) is 0 Å². The molecule has 3 N–H and O–H groups in total. The van der Waals surface area contributed by atoms with E-state index >= 15 is 0 Å². The summed E-state index contributed by atoms with van der Waals surface area (Å²) < 4.78 is 0. The Labute approximate surface area is 81.9 Å². The van der Waals surface area contributed by atoms with E-state index in [-0.39, 0.29) is 11.6 Å². The maximum atomic E-state index is 10.8. The number of Topliss-reactive ketones (excluding diaryl/α,β-unsaturated/α-hetero) is 2. The van der Waals surface area contributed by atoms with Gasteiger partial charge in [-0.2, -0.15) is 11.8 Å². The highest BCUT2D eigenvalue weighted by molar-refractivity contribution is 7.99. The molecule has 0 saturated heterocycles. The second-order valence-electron chi connectivity index (χ2n) is 2.77. The number of rotatable bonds is 7. The van der Waals surface area contributed by atoms with E-state index < -0.39 is 12.6 Å². The molecule has 13 heavy (non-hydrogen) atoms. The Hall–Kier alpha value is -0.390. The molecule has 4 nitrogen and oxygen atoms in total. The highest BCUT2D eigenvalue weighted by Gasteiger charge is 2.11. The molecule has 0 radical (unpaired) electrons. The van der Waals surface area contributed by atoms with Crippen molar-refractivity contribution in [1.29, 1.82) is 0 Å². The van der Waals surface area contributed by atoms with Crippen molar-refractivity contribution < 1.29 is 14.7 Å². The van der Waals surface area contributed by atoms with E-state index in [1.807, 2.05) is 0 Å². The Balaban J connectivity index is 3.42. The first-order chi connectivity index (χ1) is 6.07. The van der Waals surface area contributed by atoms with Crippen LogP contribution in [0.3, 0.4) is 0 Å². The minimum absolute atomic E-state index is 0.118. The molecule has 0 fully saturated rings. The van der Waals surface area contributed by atoms with Gasteiger partial charge in [-0.25, -0.2) is 0 Å². The number of carbonyl (C=O) groups is 2. The van der Waals surface area contributed by atoms with E-state index in [1.165, 1.54) is 18.7 Å². The molecule has 76 valence electrons. The van der Waals surface area contributed by atoms with Crippen LogP contribution in [0.25, 0.3) is 0 Å². The van der Waals surface area contributed by atoms with Crippen LogP contribution in [0.5, 0.6) is 0 Å². The fourth-order valence-electron chi connectivity index (χ4n) is 0.704. The van der Waals surface area contributed by atoms with Crippen molar-refractivity contribution in [3.8, 4) is 0 Å². The molecule has 0 aromatic rings. The molecule has 0 aliphatic rings. The van der Waals surface area contributed by atoms with Crippen molar-refractivity contribution in [2.24, 2.45) is 5.73 Å². The average molecular weight is 205 g/mol. The summed E-state index contributed by atoms with van der Waals surface area (Å²) in [6, 6.07) is -0.593. The van der Waals surface area contributed by atoms with E-state index in [2.05, 4.69) is 0 Å². The monoisotopic (exact) mass is 205 g/mol. The van der Waals surface area contributed by atoms with Crippen LogP contribution >= 0.6 is 11.8 Å². The first-order valence-corrected chi connectivity index (χ1v) is 5.19. The van der Waals surface area contributed by atoms with Gasteiger partial charge in [0.1, 0.15) is 12.4 Å². The Morgan fingerprint density at radius 2 is 2.15 bits per heavy atom. The molecule has 0 saturated carbocycles. The van der Waals surface area contributed by atoms with Crippen molar-refractivity contribution in [3.63, 3.8) is 0 Å². The fourth-order valence-corrected chi connectivity index (χ4v) is 1.56. The summed E-state index contributed by atoms with van der Waals surface area (Å²) in [5.74, 6) is 0.905. The minimum atomic E-state index is -0.593. The van der Waals surface area contributed by atoms with Crippen LogP contribution in [0.1, 0.15) is 13.3 Å². The van der Waals surface area contributed by atoms with Gasteiger partial charge in [0.2, 0.25) is 0 Å². The lowest BCUT2D eigenvalue weighted by Crippen LogP contribution is -2.33. The quantitative estimate of drug-likeness (QED) is 0.552. The molecule has 0 heterocycles. The van der Waals surface area contributed by atoms with Crippen molar-refractivity contribution in [2.45, 2.75) is 19.4 Å². The predicted molar refractivity (Wildman–Crippen MR) is 52.7 cm³/mol. The van der Waals surface area contributed by atoms with Gasteiger partial charge >= 0.3 is 0 Å². The summed E-state index contributed by atoms with van der Waals surface area (Å²) in [5, 5.41) is 8.46. The topological polar surface area (TPSA) is 80.4 Å². The Morgan fingerprint density at radius 1 is 1.54 bits per heavy atom. The summed E-state index contributed by atoms with van der Waals surface area (Å²) in [6.07, 6.45) is 0.511. The zero-order valence-corrected chi connectivity index (χ0v) is 8.47.